The summed E-state index contributed by atoms with van der Waals surface area (Å²) in [7, 11) is 1.97. The SMILES string of the molecule is COc1ccc(C=NN(C)[PH](=S)C(C)Oc2ccc(CCN(CP(=O)(OC)OC)CP(=O)(OC)OC)cc2)cc1. The van der Waals surface area contributed by atoms with Gasteiger partial charge in [0.05, 0.1) is 20.2 Å². The summed E-state index contributed by atoms with van der Waals surface area (Å²) < 4.78 is 58.8. The van der Waals surface area contributed by atoms with E-state index in [1.807, 2.05) is 62.5 Å². The smallest absolute Gasteiger partial charge is 0.344 e. The van der Waals surface area contributed by atoms with Crippen LogP contribution >= 0.6 is 22.0 Å². The molecule has 0 aliphatic rings. The van der Waals surface area contributed by atoms with E-state index in [4.69, 9.17) is 39.4 Å². The highest BCUT2D eigenvalue weighted by atomic mass is 32.4. The zero-order chi connectivity index (χ0) is 29.8. The third kappa shape index (κ3) is 11.0. The lowest BCUT2D eigenvalue weighted by Gasteiger charge is -2.27. The van der Waals surface area contributed by atoms with Gasteiger partial charge >= 0.3 is 15.2 Å². The highest BCUT2D eigenvalue weighted by Crippen LogP contribution is 2.51. The lowest BCUT2D eigenvalue weighted by atomic mass is 10.1. The van der Waals surface area contributed by atoms with Crippen LogP contribution < -0.4 is 9.47 Å². The summed E-state index contributed by atoms with van der Waals surface area (Å²) in [6, 6.07) is 15.3. The molecule has 40 heavy (non-hydrogen) atoms. The van der Waals surface area contributed by atoms with Crippen molar-refractivity contribution in [3.8, 4) is 11.5 Å². The van der Waals surface area contributed by atoms with Crippen molar-refractivity contribution in [1.82, 2.24) is 9.68 Å². The molecule has 0 N–H and O–H groups in total. The molecular formula is C25H40N3O8P3S. The molecule has 2 atom stereocenters. The van der Waals surface area contributed by atoms with Gasteiger partial charge in [-0.25, -0.2) is 0 Å². The van der Waals surface area contributed by atoms with Gasteiger partial charge in [-0.1, -0.05) is 23.9 Å². The quantitative estimate of drug-likeness (QED) is 0.114. The van der Waals surface area contributed by atoms with Crippen molar-refractivity contribution < 1.29 is 36.7 Å². The van der Waals surface area contributed by atoms with Crippen LogP contribution in [0.1, 0.15) is 18.1 Å². The Hall–Kier alpha value is -1.58. The molecule has 224 valence electrons. The van der Waals surface area contributed by atoms with Crippen molar-refractivity contribution in [2.75, 3.05) is 61.7 Å². The maximum absolute atomic E-state index is 12.7. The highest BCUT2D eigenvalue weighted by molar-refractivity contribution is 8.04. The van der Waals surface area contributed by atoms with Crippen molar-refractivity contribution in [3.63, 3.8) is 0 Å². The van der Waals surface area contributed by atoms with Gasteiger partial charge < -0.3 is 27.6 Å². The first-order valence-electron chi connectivity index (χ1n) is 12.3. The summed E-state index contributed by atoms with van der Waals surface area (Å²) in [5.41, 5.74) is 1.95. The van der Waals surface area contributed by atoms with Crippen molar-refractivity contribution in [1.29, 1.82) is 0 Å². The lowest BCUT2D eigenvalue weighted by Crippen LogP contribution is -2.29. The van der Waals surface area contributed by atoms with Crippen molar-refractivity contribution in [2.24, 2.45) is 5.10 Å². The number of rotatable bonds is 18. The zero-order valence-corrected chi connectivity index (χ0v) is 27.6. The van der Waals surface area contributed by atoms with Crippen LogP contribution in [-0.4, -0.2) is 83.5 Å². The maximum Gasteiger partial charge on any atom is 0.344 e. The van der Waals surface area contributed by atoms with Crippen molar-refractivity contribution in [3.05, 3.63) is 59.7 Å². The topological polar surface area (TPSA) is 108 Å². The summed E-state index contributed by atoms with van der Waals surface area (Å²) in [5.74, 6) is 1.27. The summed E-state index contributed by atoms with van der Waals surface area (Å²) >= 11 is 5.74. The molecule has 0 spiro atoms. The number of nitrogens with zero attached hydrogens (tertiary/aromatic N) is 3. The first-order valence-corrected chi connectivity index (χ1v) is 18.5. The average molecular weight is 636 g/mol. The minimum atomic E-state index is -3.39. The second kappa shape index (κ2) is 16.8. The Morgan fingerprint density at radius 2 is 1.38 bits per heavy atom. The largest absolute Gasteiger partial charge is 0.497 e. The monoisotopic (exact) mass is 635 g/mol. The third-order valence-electron chi connectivity index (χ3n) is 5.97. The van der Waals surface area contributed by atoms with Crippen LogP contribution in [0.25, 0.3) is 0 Å². The molecule has 15 heteroatoms. The van der Waals surface area contributed by atoms with E-state index in [1.165, 1.54) is 28.4 Å². The Bertz CT molecular complexity index is 1160. The molecule has 0 amide bonds. The molecule has 0 radical (unpaired) electrons. The van der Waals surface area contributed by atoms with Crippen LogP contribution in [0.4, 0.5) is 0 Å². The number of hydrogen-bond donors (Lipinski definition) is 0. The second-order valence-electron chi connectivity index (χ2n) is 8.66. The molecule has 2 aromatic carbocycles. The molecule has 0 aromatic heterocycles. The fourth-order valence-corrected chi connectivity index (χ4v) is 7.10. The Labute approximate surface area is 243 Å². The standard InChI is InChI=1S/C25H40N3O8P3S/c1-21(37(40)27(2)26-18-23-10-12-24(31-3)13-11-23)36-25-14-8-22(9-15-25)16-17-28(19-38(29,32-4)33-5)20-39(30,34-6)35-7/h8-15,18,21,37H,16-17,19-20H2,1-7H3. The minimum Gasteiger partial charge on any atom is -0.497 e. The number of benzene rings is 2. The van der Waals surface area contributed by atoms with Gasteiger partial charge in [0, 0.05) is 42.0 Å². The molecule has 0 saturated heterocycles. The summed E-state index contributed by atoms with van der Waals surface area (Å²) in [6.45, 7) is 0.826. The molecule has 2 aromatic rings. The normalized spacial score (nSPS) is 13.9. The van der Waals surface area contributed by atoms with Crippen LogP contribution in [0.3, 0.4) is 0 Å². The molecule has 2 rings (SSSR count). The summed E-state index contributed by atoms with van der Waals surface area (Å²) in [6.07, 6.45) is 2.22. The highest BCUT2D eigenvalue weighted by Gasteiger charge is 2.31. The van der Waals surface area contributed by atoms with E-state index in [-0.39, 0.29) is 18.4 Å². The Morgan fingerprint density at radius 1 is 0.875 bits per heavy atom. The Morgan fingerprint density at radius 3 is 1.85 bits per heavy atom. The van der Waals surface area contributed by atoms with Crippen LogP contribution in [0, 0.1) is 0 Å². The van der Waals surface area contributed by atoms with Crippen LogP contribution in [0.15, 0.2) is 53.6 Å². The van der Waals surface area contributed by atoms with Gasteiger partial charge in [-0.15, -0.1) is 0 Å². The van der Waals surface area contributed by atoms with Crippen LogP contribution in [-0.2, 0) is 45.5 Å². The predicted molar refractivity (Wildman–Crippen MR) is 164 cm³/mol. The molecular weight excluding hydrogens is 595 g/mol. The van der Waals surface area contributed by atoms with Gasteiger partial charge in [0.1, 0.15) is 29.9 Å². The molecule has 0 aliphatic heterocycles. The summed E-state index contributed by atoms with van der Waals surface area (Å²) in [4.78, 5) is 1.70. The number of hydrazone groups is 1. The zero-order valence-electron chi connectivity index (χ0n) is 24.0. The molecule has 0 heterocycles. The third-order valence-corrected chi connectivity index (χ3v) is 13.0. The number of methoxy groups -OCH3 is 1. The van der Waals surface area contributed by atoms with Gasteiger partial charge in [-0.2, -0.15) is 5.10 Å². The predicted octanol–water partition coefficient (Wildman–Crippen LogP) is 5.71. The fourth-order valence-electron chi connectivity index (χ4n) is 3.50. The van der Waals surface area contributed by atoms with Crippen molar-refractivity contribution >= 4 is 40.1 Å². The molecule has 11 nitrogen and oxygen atoms in total. The van der Waals surface area contributed by atoms with Gasteiger partial charge in [-0.3, -0.25) is 18.8 Å². The van der Waals surface area contributed by atoms with Gasteiger partial charge in [0.2, 0.25) is 0 Å². The summed E-state index contributed by atoms with van der Waals surface area (Å²) in [5, 5.41) is 4.49. The average Bonchev–Trinajstić information content (AvgIpc) is 2.98. The second-order valence-corrected chi connectivity index (χ2v) is 16.5. The first kappa shape index (κ1) is 34.6. The van der Waals surface area contributed by atoms with E-state index >= 15 is 0 Å². The number of hydrogen-bond acceptors (Lipinski definition) is 11. The van der Waals surface area contributed by atoms with E-state index in [0.717, 1.165) is 16.9 Å². The lowest BCUT2D eigenvalue weighted by molar-refractivity contribution is 0.224. The Kier molecular flexibility index (Phi) is 14.5. The van der Waals surface area contributed by atoms with Crippen LogP contribution in [0.5, 0.6) is 11.5 Å². The number of ether oxygens (including phenoxy) is 2. The molecule has 0 fully saturated rings. The van der Waals surface area contributed by atoms with Gasteiger partial charge in [-0.05, 0) is 60.9 Å². The maximum atomic E-state index is 12.7. The van der Waals surface area contributed by atoms with E-state index in [2.05, 4.69) is 5.10 Å². The van der Waals surface area contributed by atoms with E-state index in [1.54, 1.807) is 23.0 Å². The van der Waals surface area contributed by atoms with E-state index in [9.17, 15) is 9.13 Å². The molecule has 0 aliphatic carbocycles. The molecule has 0 bridgehead atoms. The van der Waals surface area contributed by atoms with Crippen LogP contribution in [0.2, 0.25) is 0 Å². The van der Waals surface area contributed by atoms with E-state index < -0.39 is 22.0 Å². The van der Waals surface area contributed by atoms with Gasteiger partial charge in [0.25, 0.3) is 0 Å². The van der Waals surface area contributed by atoms with Gasteiger partial charge in [0.15, 0.2) is 0 Å². The molecule has 0 saturated carbocycles. The van der Waals surface area contributed by atoms with E-state index in [0.29, 0.717) is 18.7 Å². The first-order chi connectivity index (χ1) is 19.0. The molecule has 2 unspecified atom stereocenters. The fraction of sp³-hybridized carbons (Fsp3) is 0.480. The van der Waals surface area contributed by atoms with Crippen molar-refractivity contribution in [2.45, 2.75) is 19.2 Å². The Balaban J connectivity index is 1.98. The minimum absolute atomic E-state index is 0.0620.